The lowest BCUT2D eigenvalue weighted by Gasteiger charge is -2.33. The number of likely N-dealkylation sites (tertiary alicyclic amines) is 1. The normalized spacial score (nSPS) is 20.2. The molecule has 2 heterocycles. The van der Waals surface area contributed by atoms with E-state index in [1.165, 1.54) is 0 Å². The van der Waals surface area contributed by atoms with Crippen molar-refractivity contribution in [1.29, 1.82) is 0 Å². The van der Waals surface area contributed by atoms with Crippen LogP contribution in [-0.4, -0.2) is 44.6 Å². The minimum Gasteiger partial charge on any atom is -0.444 e. The van der Waals surface area contributed by atoms with Crippen molar-refractivity contribution in [3.63, 3.8) is 0 Å². The van der Waals surface area contributed by atoms with Crippen LogP contribution in [0.3, 0.4) is 0 Å². The summed E-state index contributed by atoms with van der Waals surface area (Å²) < 4.78 is 17.9. The van der Waals surface area contributed by atoms with Gasteiger partial charge in [-0.25, -0.2) is 9.78 Å². The van der Waals surface area contributed by atoms with Gasteiger partial charge in [-0.15, -0.1) is 0 Å². The molecule has 2 atom stereocenters. The van der Waals surface area contributed by atoms with E-state index in [1.54, 1.807) is 11.1 Å². The maximum Gasteiger partial charge on any atom is 0.410 e. The van der Waals surface area contributed by atoms with Gasteiger partial charge in [-0.3, -0.25) is 4.21 Å². The number of pyridine rings is 1. The number of hydrogen-bond acceptors (Lipinski definition) is 4. The van der Waals surface area contributed by atoms with Gasteiger partial charge in [-0.2, -0.15) is 0 Å². The number of nitrogens with zero attached hydrogens (tertiary/aromatic N) is 2. The maximum atomic E-state index is 12.4. The van der Waals surface area contributed by atoms with Gasteiger partial charge in [-0.05, 0) is 58.1 Å². The van der Waals surface area contributed by atoms with Crippen molar-refractivity contribution in [2.24, 2.45) is 5.92 Å². The highest BCUT2D eigenvalue weighted by atomic mass is 32.2. The second-order valence-electron chi connectivity index (χ2n) is 7.12. The standard InChI is InChI=1S/C17H26N2O3S/c1-13-7-8-15(18-10-13)23(21)12-14-6-5-9-19(11-14)16(20)22-17(2,3)4/h7-8,10,14H,5-6,9,11-12H2,1-4H3/t14-,23+/m1/s1. The fourth-order valence-corrected chi connectivity index (χ4v) is 3.84. The molecule has 1 aromatic rings. The fourth-order valence-electron chi connectivity index (χ4n) is 2.58. The van der Waals surface area contributed by atoms with Crippen LogP contribution in [0.25, 0.3) is 0 Å². The molecule has 1 amide bonds. The summed E-state index contributed by atoms with van der Waals surface area (Å²) in [5.74, 6) is 0.759. The van der Waals surface area contributed by atoms with Crippen molar-refractivity contribution in [1.82, 2.24) is 9.88 Å². The van der Waals surface area contributed by atoms with Gasteiger partial charge >= 0.3 is 6.09 Å². The lowest BCUT2D eigenvalue weighted by molar-refractivity contribution is 0.0176. The molecule has 0 N–H and O–H groups in total. The Morgan fingerprint density at radius 1 is 1.43 bits per heavy atom. The number of hydrogen-bond donors (Lipinski definition) is 0. The van der Waals surface area contributed by atoms with Crippen LogP contribution in [-0.2, 0) is 15.5 Å². The number of piperidine rings is 1. The Labute approximate surface area is 140 Å². The third-order valence-electron chi connectivity index (χ3n) is 3.68. The summed E-state index contributed by atoms with van der Waals surface area (Å²) in [6, 6.07) is 3.74. The Kier molecular flexibility index (Phi) is 5.79. The molecule has 0 unspecified atom stereocenters. The fraction of sp³-hybridized carbons (Fsp3) is 0.647. The average molecular weight is 338 g/mol. The topological polar surface area (TPSA) is 59.5 Å². The zero-order chi connectivity index (χ0) is 17.0. The van der Waals surface area contributed by atoms with E-state index < -0.39 is 16.4 Å². The van der Waals surface area contributed by atoms with Crippen LogP contribution in [0.1, 0.15) is 39.2 Å². The van der Waals surface area contributed by atoms with Crippen molar-refractivity contribution in [2.75, 3.05) is 18.8 Å². The largest absolute Gasteiger partial charge is 0.444 e. The summed E-state index contributed by atoms with van der Waals surface area (Å²) in [5.41, 5.74) is 0.568. The van der Waals surface area contributed by atoms with Gasteiger partial charge in [0.15, 0.2) is 0 Å². The lowest BCUT2D eigenvalue weighted by Crippen LogP contribution is -2.44. The second-order valence-corrected chi connectivity index (χ2v) is 8.56. The molecular formula is C17H26N2O3S. The van der Waals surface area contributed by atoms with E-state index in [4.69, 9.17) is 4.74 Å². The van der Waals surface area contributed by atoms with Gasteiger partial charge in [0.05, 0.1) is 10.8 Å². The quantitative estimate of drug-likeness (QED) is 0.849. The molecule has 0 radical (unpaired) electrons. The van der Waals surface area contributed by atoms with Crippen LogP contribution in [0.2, 0.25) is 0 Å². The van der Waals surface area contributed by atoms with Crippen LogP contribution >= 0.6 is 0 Å². The average Bonchev–Trinajstić information content (AvgIpc) is 2.46. The Morgan fingerprint density at radius 2 is 2.17 bits per heavy atom. The van der Waals surface area contributed by atoms with Gasteiger partial charge in [0.2, 0.25) is 0 Å². The monoisotopic (exact) mass is 338 g/mol. The van der Waals surface area contributed by atoms with Crippen molar-refractivity contribution < 1.29 is 13.7 Å². The third kappa shape index (κ3) is 5.61. The molecule has 128 valence electrons. The molecule has 1 saturated heterocycles. The maximum absolute atomic E-state index is 12.4. The summed E-state index contributed by atoms with van der Waals surface area (Å²) >= 11 is 0. The van der Waals surface area contributed by atoms with Crippen LogP contribution in [0, 0.1) is 12.8 Å². The number of carbonyl (C=O) groups excluding carboxylic acids is 1. The first-order chi connectivity index (χ1) is 10.7. The molecule has 23 heavy (non-hydrogen) atoms. The molecule has 5 nitrogen and oxygen atoms in total. The second kappa shape index (κ2) is 7.43. The summed E-state index contributed by atoms with van der Waals surface area (Å²) in [6.45, 7) is 8.87. The molecule has 0 bridgehead atoms. The first kappa shape index (κ1) is 17.9. The van der Waals surface area contributed by atoms with E-state index in [2.05, 4.69) is 4.98 Å². The highest BCUT2D eigenvalue weighted by Gasteiger charge is 2.28. The Hall–Kier alpha value is -1.43. The van der Waals surface area contributed by atoms with Crippen LogP contribution in [0.4, 0.5) is 4.79 Å². The molecule has 1 aliphatic rings. The van der Waals surface area contributed by atoms with Gasteiger partial charge < -0.3 is 9.64 Å². The van der Waals surface area contributed by atoms with Crippen molar-refractivity contribution in [3.8, 4) is 0 Å². The highest BCUT2D eigenvalue weighted by molar-refractivity contribution is 7.84. The minimum absolute atomic E-state index is 0.222. The van der Waals surface area contributed by atoms with Gasteiger partial charge in [0.1, 0.15) is 10.6 Å². The van der Waals surface area contributed by atoms with E-state index in [0.717, 1.165) is 18.4 Å². The summed E-state index contributed by atoms with van der Waals surface area (Å²) in [4.78, 5) is 18.1. The van der Waals surface area contributed by atoms with E-state index in [1.807, 2.05) is 39.8 Å². The van der Waals surface area contributed by atoms with Gasteiger partial charge in [-0.1, -0.05) is 6.07 Å². The number of rotatable bonds is 3. The molecule has 6 heteroatoms. The molecule has 1 aliphatic heterocycles. The van der Waals surface area contributed by atoms with E-state index >= 15 is 0 Å². The molecule has 0 saturated carbocycles. The Bertz CT molecular complexity index is 566. The van der Waals surface area contributed by atoms with Crippen LogP contribution < -0.4 is 0 Å². The van der Waals surface area contributed by atoms with Crippen LogP contribution in [0.5, 0.6) is 0 Å². The van der Waals surface area contributed by atoms with Crippen molar-refractivity contribution in [3.05, 3.63) is 23.9 Å². The number of carbonyl (C=O) groups is 1. The lowest BCUT2D eigenvalue weighted by atomic mass is 10.0. The summed E-state index contributed by atoms with van der Waals surface area (Å²) in [7, 11) is -1.13. The van der Waals surface area contributed by atoms with Crippen molar-refractivity contribution >= 4 is 16.9 Å². The summed E-state index contributed by atoms with van der Waals surface area (Å²) in [5, 5.41) is 0.616. The third-order valence-corrected chi connectivity index (χ3v) is 5.16. The summed E-state index contributed by atoms with van der Waals surface area (Å²) in [6.07, 6.45) is 3.36. The molecule has 0 aliphatic carbocycles. The van der Waals surface area contributed by atoms with E-state index in [0.29, 0.717) is 23.9 Å². The van der Waals surface area contributed by atoms with Crippen molar-refractivity contribution in [2.45, 2.75) is 51.2 Å². The predicted molar refractivity (Wildman–Crippen MR) is 90.8 cm³/mol. The molecule has 1 aromatic heterocycles. The number of aryl methyl sites for hydroxylation is 1. The first-order valence-corrected chi connectivity index (χ1v) is 9.35. The van der Waals surface area contributed by atoms with Gasteiger partial charge in [0, 0.05) is 25.0 Å². The number of aromatic nitrogens is 1. The molecule has 1 fully saturated rings. The molecule has 0 aromatic carbocycles. The zero-order valence-corrected chi connectivity index (χ0v) is 15.2. The number of ether oxygens (including phenoxy) is 1. The first-order valence-electron chi connectivity index (χ1n) is 8.03. The molecule has 0 spiro atoms. The molecular weight excluding hydrogens is 312 g/mol. The number of amides is 1. The van der Waals surface area contributed by atoms with Crippen LogP contribution in [0.15, 0.2) is 23.4 Å². The smallest absolute Gasteiger partial charge is 0.410 e. The Balaban J connectivity index is 1.92. The predicted octanol–water partition coefficient (Wildman–Crippen LogP) is 3.14. The zero-order valence-electron chi connectivity index (χ0n) is 14.4. The highest BCUT2D eigenvalue weighted by Crippen LogP contribution is 2.21. The minimum atomic E-state index is -1.13. The Morgan fingerprint density at radius 3 is 2.78 bits per heavy atom. The van der Waals surface area contributed by atoms with Gasteiger partial charge in [0.25, 0.3) is 0 Å². The van der Waals surface area contributed by atoms with E-state index in [9.17, 15) is 9.00 Å². The van der Waals surface area contributed by atoms with E-state index in [-0.39, 0.29) is 12.0 Å². The SMILES string of the molecule is Cc1ccc([S@@](=O)C[C@@H]2CCCN(C(=O)OC(C)(C)C)C2)nc1. The molecule has 2 rings (SSSR count).